The van der Waals surface area contributed by atoms with Gasteiger partial charge < -0.3 is 24.1 Å². The standard InChI is InChI=1S/C19H22N4O5/c1-19(2,3)28-18(26)20-10-8-13(23(4)9-10)16-21-12-7-6-11(17(24)25)15(27-5)14(12)22-16/h6-9H,1-5H3,(H,20,26)(H,21,22)(H,24,25). The van der Waals surface area contributed by atoms with Crippen LogP contribution in [0.2, 0.25) is 0 Å². The molecule has 0 aliphatic rings. The van der Waals surface area contributed by atoms with Crippen LogP contribution in [0.5, 0.6) is 5.75 Å². The van der Waals surface area contributed by atoms with Crippen LogP contribution in [0.15, 0.2) is 24.4 Å². The normalized spacial score (nSPS) is 11.5. The van der Waals surface area contributed by atoms with Crippen molar-refractivity contribution < 1.29 is 24.2 Å². The van der Waals surface area contributed by atoms with E-state index in [0.29, 0.717) is 28.2 Å². The molecule has 0 saturated heterocycles. The Hall–Kier alpha value is -3.49. The Morgan fingerprint density at radius 2 is 2.00 bits per heavy atom. The maximum Gasteiger partial charge on any atom is 0.412 e. The summed E-state index contributed by atoms with van der Waals surface area (Å²) < 4.78 is 12.3. The molecule has 2 aromatic heterocycles. The third-order valence-electron chi connectivity index (χ3n) is 3.94. The fourth-order valence-electron chi connectivity index (χ4n) is 2.84. The summed E-state index contributed by atoms with van der Waals surface area (Å²) in [5.41, 5.74) is 1.75. The number of hydrogen-bond acceptors (Lipinski definition) is 5. The number of benzene rings is 1. The zero-order valence-corrected chi connectivity index (χ0v) is 16.3. The molecule has 0 bridgehead atoms. The van der Waals surface area contributed by atoms with Gasteiger partial charge in [-0.3, -0.25) is 5.32 Å². The van der Waals surface area contributed by atoms with Crippen LogP contribution in [-0.2, 0) is 11.8 Å². The molecular weight excluding hydrogens is 364 g/mol. The molecule has 2 heterocycles. The van der Waals surface area contributed by atoms with Crippen LogP contribution in [-0.4, -0.2) is 44.4 Å². The third kappa shape index (κ3) is 3.78. The number of carbonyl (C=O) groups excluding carboxylic acids is 1. The topological polar surface area (TPSA) is 118 Å². The van der Waals surface area contributed by atoms with Crippen molar-refractivity contribution in [3.05, 3.63) is 30.0 Å². The first-order chi connectivity index (χ1) is 13.1. The molecule has 0 unspecified atom stereocenters. The van der Waals surface area contributed by atoms with Crippen LogP contribution in [0.1, 0.15) is 31.1 Å². The predicted molar refractivity (Wildman–Crippen MR) is 104 cm³/mol. The summed E-state index contributed by atoms with van der Waals surface area (Å²) in [6, 6.07) is 4.81. The van der Waals surface area contributed by atoms with E-state index in [1.165, 1.54) is 13.2 Å². The van der Waals surface area contributed by atoms with Crippen molar-refractivity contribution in [1.29, 1.82) is 0 Å². The molecule has 0 atom stereocenters. The second kappa shape index (κ2) is 6.91. The van der Waals surface area contributed by atoms with Crippen LogP contribution in [0.25, 0.3) is 22.6 Å². The first-order valence-electron chi connectivity index (χ1n) is 8.56. The zero-order valence-electron chi connectivity index (χ0n) is 16.3. The van der Waals surface area contributed by atoms with Gasteiger partial charge in [0.15, 0.2) is 11.6 Å². The van der Waals surface area contributed by atoms with Crippen molar-refractivity contribution in [3.63, 3.8) is 0 Å². The van der Waals surface area contributed by atoms with Crippen molar-refractivity contribution in [2.45, 2.75) is 26.4 Å². The van der Waals surface area contributed by atoms with Gasteiger partial charge in [-0.15, -0.1) is 0 Å². The number of anilines is 1. The monoisotopic (exact) mass is 386 g/mol. The van der Waals surface area contributed by atoms with E-state index in [2.05, 4.69) is 15.3 Å². The summed E-state index contributed by atoms with van der Waals surface area (Å²) in [5, 5.41) is 12.0. The first-order valence-corrected chi connectivity index (χ1v) is 8.56. The zero-order chi connectivity index (χ0) is 20.6. The highest BCUT2D eigenvalue weighted by atomic mass is 16.6. The molecule has 0 saturated carbocycles. The summed E-state index contributed by atoms with van der Waals surface area (Å²) in [5.74, 6) is -0.363. The lowest BCUT2D eigenvalue weighted by Gasteiger charge is -2.19. The minimum absolute atomic E-state index is 0.0457. The number of carboxylic acids is 1. The highest BCUT2D eigenvalue weighted by Crippen LogP contribution is 2.31. The van der Waals surface area contributed by atoms with E-state index in [4.69, 9.17) is 9.47 Å². The van der Waals surface area contributed by atoms with Crippen LogP contribution < -0.4 is 10.1 Å². The number of rotatable bonds is 4. The molecular formula is C19H22N4O5. The number of imidazole rings is 1. The van der Waals surface area contributed by atoms with Crippen molar-refractivity contribution >= 4 is 28.8 Å². The first kappa shape index (κ1) is 19.3. The summed E-state index contributed by atoms with van der Waals surface area (Å²) in [6.07, 6.45) is 1.17. The third-order valence-corrected chi connectivity index (χ3v) is 3.94. The number of aryl methyl sites for hydroxylation is 1. The van der Waals surface area contributed by atoms with E-state index in [1.807, 2.05) is 7.05 Å². The molecule has 0 aliphatic carbocycles. The van der Waals surface area contributed by atoms with Gasteiger partial charge in [-0.2, -0.15) is 0 Å². The van der Waals surface area contributed by atoms with Gasteiger partial charge in [0.25, 0.3) is 0 Å². The number of ether oxygens (including phenoxy) is 2. The van der Waals surface area contributed by atoms with Gasteiger partial charge in [0.05, 0.1) is 24.0 Å². The molecule has 9 heteroatoms. The van der Waals surface area contributed by atoms with Gasteiger partial charge in [0, 0.05) is 13.2 Å². The Balaban J connectivity index is 1.96. The molecule has 9 nitrogen and oxygen atoms in total. The molecule has 1 aromatic carbocycles. The molecule has 3 aromatic rings. The maximum atomic E-state index is 12.0. The van der Waals surface area contributed by atoms with Gasteiger partial charge in [0.1, 0.15) is 16.7 Å². The van der Waals surface area contributed by atoms with Gasteiger partial charge in [-0.25, -0.2) is 14.6 Å². The number of nitrogens with one attached hydrogen (secondary N) is 2. The summed E-state index contributed by atoms with van der Waals surface area (Å²) >= 11 is 0. The number of methoxy groups -OCH3 is 1. The van der Waals surface area contributed by atoms with Crippen molar-refractivity contribution in [2.75, 3.05) is 12.4 Å². The highest BCUT2D eigenvalue weighted by Gasteiger charge is 2.20. The number of carbonyl (C=O) groups is 2. The fourth-order valence-corrected chi connectivity index (χ4v) is 2.84. The van der Waals surface area contributed by atoms with E-state index < -0.39 is 17.7 Å². The Morgan fingerprint density at radius 1 is 1.29 bits per heavy atom. The lowest BCUT2D eigenvalue weighted by atomic mass is 10.2. The minimum Gasteiger partial charge on any atom is -0.494 e. The number of H-pyrrole nitrogens is 1. The molecule has 1 amide bonds. The Bertz CT molecular complexity index is 1060. The van der Waals surface area contributed by atoms with Gasteiger partial charge in [0.2, 0.25) is 0 Å². The average Bonchev–Trinajstić information content (AvgIpc) is 3.14. The largest absolute Gasteiger partial charge is 0.494 e. The van der Waals surface area contributed by atoms with Crippen LogP contribution >= 0.6 is 0 Å². The number of aromatic nitrogens is 3. The molecule has 0 fully saturated rings. The van der Waals surface area contributed by atoms with E-state index in [-0.39, 0.29) is 11.3 Å². The van der Waals surface area contributed by atoms with Crippen LogP contribution in [0.4, 0.5) is 10.5 Å². The molecule has 0 radical (unpaired) electrons. The summed E-state index contributed by atoms with van der Waals surface area (Å²) in [7, 11) is 3.22. The summed E-state index contributed by atoms with van der Waals surface area (Å²) in [6.45, 7) is 5.36. The van der Waals surface area contributed by atoms with Crippen molar-refractivity contribution in [2.24, 2.45) is 7.05 Å². The Labute approximate surface area is 161 Å². The number of fused-ring (bicyclic) bond motifs is 1. The van der Waals surface area contributed by atoms with Crippen LogP contribution in [0.3, 0.4) is 0 Å². The van der Waals surface area contributed by atoms with Gasteiger partial charge in [-0.05, 0) is 39.0 Å². The molecule has 0 spiro atoms. The SMILES string of the molecule is COc1c(C(=O)O)ccc2nc(-c3cc(NC(=O)OC(C)(C)C)cn3C)[nH]c12. The minimum atomic E-state index is -1.09. The maximum absolute atomic E-state index is 12.0. The van der Waals surface area contributed by atoms with E-state index in [9.17, 15) is 14.7 Å². The van der Waals surface area contributed by atoms with Gasteiger partial charge >= 0.3 is 12.1 Å². The number of amides is 1. The van der Waals surface area contributed by atoms with E-state index >= 15 is 0 Å². The Kier molecular flexibility index (Phi) is 4.76. The average molecular weight is 386 g/mol. The Morgan fingerprint density at radius 3 is 2.61 bits per heavy atom. The molecule has 0 aliphatic heterocycles. The number of nitrogens with zero attached hydrogens (tertiary/aromatic N) is 2. The summed E-state index contributed by atoms with van der Waals surface area (Å²) in [4.78, 5) is 31.0. The molecule has 148 valence electrons. The fraction of sp³-hybridized carbons (Fsp3) is 0.316. The number of aromatic amines is 1. The lowest BCUT2D eigenvalue weighted by molar-refractivity contribution is 0.0634. The van der Waals surface area contributed by atoms with Crippen LogP contribution in [0, 0.1) is 0 Å². The smallest absolute Gasteiger partial charge is 0.412 e. The number of carboxylic acid groups (broad SMARTS) is 1. The number of hydrogen-bond donors (Lipinski definition) is 3. The number of aromatic carboxylic acids is 1. The predicted octanol–water partition coefficient (Wildman–Crippen LogP) is 3.62. The molecule has 28 heavy (non-hydrogen) atoms. The lowest BCUT2D eigenvalue weighted by Crippen LogP contribution is -2.27. The second-order valence-electron chi connectivity index (χ2n) is 7.28. The van der Waals surface area contributed by atoms with Crippen molar-refractivity contribution in [3.8, 4) is 17.3 Å². The van der Waals surface area contributed by atoms with E-state index in [0.717, 1.165) is 0 Å². The van der Waals surface area contributed by atoms with E-state index in [1.54, 1.807) is 43.7 Å². The second-order valence-corrected chi connectivity index (χ2v) is 7.28. The highest BCUT2D eigenvalue weighted by molar-refractivity contribution is 5.99. The molecule has 3 N–H and O–H groups in total. The van der Waals surface area contributed by atoms with Crippen molar-refractivity contribution in [1.82, 2.24) is 14.5 Å². The quantitative estimate of drug-likeness (QED) is 0.630. The van der Waals surface area contributed by atoms with Gasteiger partial charge in [-0.1, -0.05) is 0 Å². The molecule has 3 rings (SSSR count).